The van der Waals surface area contributed by atoms with Gasteiger partial charge in [0.1, 0.15) is 17.7 Å². The summed E-state index contributed by atoms with van der Waals surface area (Å²) in [5, 5.41) is 2.65. The molecular formula is C28H32FN3O3. The number of hydrogen-bond donors (Lipinski definition) is 1. The molecule has 7 heteroatoms. The van der Waals surface area contributed by atoms with Crippen molar-refractivity contribution in [3.8, 4) is 22.6 Å². The van der Waals surface area contributed by atoms with Crippen LogP contribution in [0.1, 0.15) is 6.42 Å². The zero-order valence-electron chi connectivity index (χ0n) is 20.0. The van der Waals surface area contributed by atoms with Crippen molar-refractivity contribution in [3.63, 3.8) is 0 Å². The van der Waals surface area contributed by atoms with Gasteiger partial charge >= 0.3 is 6.09 Å². The molecule has 1 atom stereocenters. The molecule has 1 heterocycles. The maximum atomic E-state index is 14.5. The first-order valence-corrected chi connectivity index (χ1v) is 12.0. The number of nitrogens with zero attached hydrogens (tertiary/aromatic N) is 2. The van der Waals surface area contributed by atoms with Crippen molar-refractivity contribution in [1.29, 1.82) is 0 Å². The van der Waals surface area contributed by atoms with E-state index in [-0.39, 0.29) is 13.0 Å². The van der Waals surface area contributed by atoms with E-state index in [2.05, 4.69) is 21.2 Å². The van der Waals surface area contributed by atoms with Crippen molar-refractivity contribution in [3.05, 3.63) is 78.9 Å². The van der Waals surface area contributed by atoms with Crippen molar-refractivity contribution >= 4 is 11.8 Å². The summed E-state index contributed by atoms with van der Waals surface area (Å²) >= 11 is 0. The highest BCUT2D eigenvalue weighted by Gasteiger charge is 2.22. The molecule has 3 aromatic carbocycles. The molecule has 1 aliphatic rings. The van der Waals surface area contributed by atoms with Crippen LogP contribution in [0.3, 0.4) is 0 Å². The molecule has 0 aliphatic carbocycles. The molecule has 0 saturated carbocycles. The Morgan fingerprint density at radius 3 is 2.29 bits per heavy atom. The van der Waals surface area contributed by atoms with Gasteiger partial charge < -0.3 is 19.7 Å². The Bertz CT molecular complexity index is 1070. The highest BCUT2D eigenvalue weighted by molar-refractivity contribution is 5.71. The lowest BCUT2D eigenvalue weighted by Gasteiger charge is -2.37. The van der Waals surface area contributed by atoms with Crippen molar-refractivity contribution in [2.75, 3.05) is 51.3 Å². The fraction of sp³-hybridized carbons (Fsp3) is 0.321. The Labute approximate surface area is 206 Å². The van der Waals surface area contributed by atoms with Gasteiger partial charge in [0.15, 0.2) is 0 Å². The summed E-state index contributed by atoms with van der Waals surface area (Å²) in [4.78, 5) is 16.5. The van der Waals surface area contributed by atoms with Crippen LogP contribution in [0.25, 0.3) is 11.1 Å². The van der Waals surface area contributed by atoms with Gasteiger partial charge in [0.05, 0.1) is 12.8 Å². The third-order valence-corrected chi connectivity index (χ3v) is 6.15. The maximum absolute atomic E-state index is 14.5. The predicted octanol–water partition coefficient (Wildman–Crippen LogP) is 5.00. The normalized spacial score (nSPS) is 14.9. The van der Waals surface area contributed by atoms with Crippen LogP contribution in [0.2, 0.25) is 0 Å². The quantitative estimate of drug-likeness (QED) is 0.470. The molecule has 1 unspecified atom stereocenters. The first-order valence-electron chi connectivity index (χ1n) is 12.0. The lowest BCUT2D eigenvalue weighted by Crippen LogP contribution is -2.48. The van der Waals surface area contributed by atoms with E-state index in [0.717, 1.165) is 48.7 Å². The molecule has 1 aliphatic heterocycles. The summed E-state index contributed by atoms with van der Waals surface area (Å²) in [6.07, 6.45) is -1.34. The van der Waals surface area contributed by atoms with Crippen LogP contribution >= 0.6 is 0 Å². The maximum Gasteiger partial charge on any atom is 0.412 e. The van der Waals surface area contributed by atoms with Crippen LogP contribution in [0.5, 0.6) is 11.5 Å². The molecule has 3 aromatic rings. The minimum Gasteiger partial charge on any atom is -0.495 e. The van der Waals surface area contributed by atoms with Gasteiger partial charge in [-0.2, -0.15) is 0 Å². The first kappa shape index (κ1) is 24.5. The van der Waals surface area contributed by atoms with Crippen LogP contribution in [-0.4, -0.2) is 63.5 Å². The molecule has 1 N–H and O–H groups in total. The van der Waals surface area contributed by atoms with Crippen LogP contribution < -0.4 is 19.7 Å². The third-order valence-electron chi connectivity index (χ3n) is 6.15. The third kappa shape index (κ3) is 6.96. The number of piperazine rings is 1. The van der Waals surface area contributed by atoms with Gasteiger partial charge in [-0.25, -0.2) is 9.18 Å². The number of alkyl halides is 1. The van der Waals surface area contributed by atoms with E-state index < -0.39 is 12.3 Å². The van der Waals surface area contributed by atoms with Crippen LogP contribution in [0, 0.1) is 0 Å². The topological polar surface area (TPSA) is 54.0 Å². The Balaban J connectivity index is 1.14. The van der Waals surface area contributed by atoms with Gasteiger partial charge in [-0.15, -0.1) is 0 Å². The molecule has 184 valence electrons. The number of para-hydroxylation sites is 2. The second-order valence-electron chi connectivity index (χ2n) is 8.55. The molecule has 0 spiro atoms. The molecular weight excluding hydrogens is 445 g/mol. The molecule has 0 bridgehead atoms. The zero-order chi connectivity index (χ0) is 24.5. The fourth-order valence-corrected chi connectivity index (χ4v) is 4.25. The molecule has 0 aromatic heterocycles. The Hall–Kier alpha value is -3.58. The number of carbonyl (C=O) groups excluding carboxylic acids is 1. The van der Waals surface area contributed by atoms with Gasteiger partial charge in [0, 0.05) is 39.3 Å². The number of ether oxygens (including phenoxy) is 2. The zero-order valence-corrected chi connectivity index (χ0v) is 20.0. The van der Waals surface area contributed by atoms with Gasteiger partial charge in [-0.05, 0) is 41.8 Å². The average Bonchev–Trinajstić information content (AvgIpc) is 2.90. The average molecular weight is 478 g/mol. The van der Waals surface area contributed by atoms with E-state index in [0.29, 0.717) is 12.3 Å². The first-order chi connectivity index (χ1) is 17.1. The number of benzene rings is 3. The van der Waals surface area contributed by atoms with Crippen molar-refractivity contribution < 1.29 is 18.7 Å². The monoisotopic (exact) mass is 477 g/mol. The lowest BCUT2D eigenvalue weighted by molar-refractivity contribution is 0.172. The smallest absolute Gasteiger partial charge is 0.412 e. The number of methoxy groups -OCH3 is 1. The molecule has 1 saturated heterocycles. The summed E-state index contributed by atoms with van der Waals surface area (Å²) in [6, 6.07) is 25.3. The molecule has 35 heavy (non-hydrogen) atoms. The van der Waals surface area contributed by atoms with E-state index in [1.165, 1.54) is 0 Å². The number of halogens is 1. The number of hydrogen-bond acceptors (Lipinski definition) is 5. The summed E-state index contributed by atoms with van der Waals surface area (Å²) in [6.45, 7) is 3.79. The lowest BCUT2D eigenvalue weighted by atomic mass is 10.1. The summed E-state index contributed by atoms with van der Waals surface area (Å²) in [7, 11) is 1.67. The van der Waals surface area contributed by atoms with Gasteiger partial charge in [-0.1, -0.05) is 54.6 Å². The summed E-state index contributed by atoms with van der Waals surface area (Å²) in [5.74, 6) is 1.31. The molecule has 0 radical (unpaired) electrons. The number of nitrogens with one attached hydrogen (secondary N) is 1. The SMILES string of the molecule is COc1ccccc1N1CCN(CC(F)CCNC(=O)Oc2ccc(-c3ccccc3)cc2)CC1. The Morgan fingerprint density at radius 1 is 0.914 bits per heavy atom. The number of anilines is 1. The van der Waals surface area contributed by atoms with Crippen LogP contribution in [0.15, 0.2) is 78.9 Å². The number of carbonyl (C=O) groups is 1. The summed E-state index contributed by atoms with van der Waals surface area (Å²) < 4.78 is 25.3. The molecule has 1 fully saturated rings. The summed E-state index contributed by atoms with van der Waals surface area (Å²) in [5.41, 5.74) is 3.21. The Morgan fingerprint density at radius 2 is 1.57 bits per heavy atom. The van der Waals surface area contributed by atoms with Crippen LogP contribution in [0.4, 0.5) is 14.9 Å². The molecule has 4 rings (SSSR count). The molecule has 6 nitrogen and oxygen atoms in total. The van der Waals surface area contributed by atoms with E-state index in [1.54, 1.807) is 19.2 Å². The number of amides is 1. The standard InChI is InChI=1S/C28H32FN3O3/c1-34-27-10-6-5-9-26(27)32-19-17-31(18-20-32)21-24(29)15-16-30-28(33)35-25-13-11-23(12-14-25)22-7-3-2-4-8-22/h2-14,24H,15-21H2,1H3,(H,30,33). The van der Waals surface area contributed by atoms with E-state index in [9.17, 15) is 9.18 Å². The highest BCUT2D eigenvalue weighted by Crippen LogP contribution is 2.28. The second kappa shape index (κ2) is 12.2. The predicted molar refractivity (Wildman–Crippen MR) is 137 cm³/mol. The van der Waals surface area contributed by atoms with Crippen LogP contribution in [-0.2, 0) is 0 Å². The van der Waals surface area contributed by atoms with E-state index >= 15 is 0 Å². The Kier molecular flexibility index (Phi) is 8.57. The fourth-order valence-electron chi connectivity index (χ4n) is 4.25. The second-order valence-corrected chi connectivity index (χ2v) is 8.55. The minimum absolute atomic E-state index is 0.225. The van der Waals surface area contributed by atoms with Gasteiger partial charge in [-0.3, -0.25) is 4.90 Å². The van der Waals surface area contributed by atoms with E-state index in [4.69, 9.17) is 9.47 Å². The minimum atomic E-state index is -1.02. The largest absolute Gasteiger partial charge is 0.495 e. The van der Waals surface area contributed by atoms with E-state index in [1.807, 2.05) is 60.7 Å². The highest BCUT2D eigenvalue weighted by atomic mass is 19.1. The van der Waals surface area contributed by atoms with Gasteiger partial charge in [0.2, 0.25) is 0 Å². The van der Waals surface area contributed by atoms with Gasteiger partial charge in [0.25, 0.3) is 0 Å². The van der Waals surface area contributed by atoms with Crippen molar-refractivity contribution in [1.82, 2.24) is 10.2 Å². The van der Waals surface area contributed by atoms with Crippen molar-refractivity contribution in [2.45, 2.75) is 12.6 Å². The molecule has 1 amide bonds. The van der Waals surface area contributed by atoms with Crippen molar-refractivity contribution in [2.24, 2.45) is 0 Å². The number of rotatable bonds is 9.